The normalized spacial score (nSPS) is 10.2. The zero-order chi connectivity index (χ0) is 15.4. The van der Waals surface area contributed by atoms with Gasteiger partial charge in [-0.15, -0.1) is 0 Å². The molecule has 0 saturated heterocycles. The number of rotatable bonds is 4. The van der Waals surface area contributed by atoms with E-state index in [4.69, 9.17) is 11.6 Å². The Balaban J connectivity index is 1.86. The van der Waals surface area contributed by atoms with Gasteiger partial charge in [0.05, 0.1) is 16.4 Å². The SMILES string of the molecule is Oc1ccc(Nc2ccccc2Nc2ccccc2)cc1Cl. The van der Waals surface area contributed by atoms with Crippen LogP contribution in [0.5, 0.6) is 5.75 Å². The molecule has 3 aromatic carbocycles. The number of phenolic OH excluding ortho intramolecular Hbond substituents is 1. The second-order valence-corrected chi connectivity index (χ2v) is 5.24. The van der Waals surface area contributed by atoms with Crippen LogP contribution < -0.4 is 10.6 Å². The van der Waals surface area contributed by atoms with Crippen LogP contribution in [0, 0.1) is 0 Å². The monoisotopic (exact) mass is 310 g/mol. The molecule has 0 aliphatic carbocycles. The number of hydrogen-bond donors (Lipinski definition) is 3. The fourth-order valence-electron chi connectivity index (χ4n) is 2.12. The van der Waals surface area contributed by atoms with Gasteiger partial charge in [0.15, 0.2) is 0 Å². The Morgan fingerprint density at radius 1 is 0.682 bits per heavy atom. The highest BCUT2D eigenvalue weighted by atomic mass is 35.5. The molecule has 3 aromatic rings. The Hall–Kier alpha value is -2.65. The summed E-state index contributed by atoms with van der Waals surface area (Å²) >= 11 is 5.94. The van der Waals surface area contributed by atoms with Crippen LogP contribution in [0.4, 0.5) is 22.7 Å². The summed E-state index contributed by atoms with van der Waals surface area (Å²) in [7, 11) is 0. The molecule has 0 radical (unpaired) electrons. The average Bonchev–Trinajstić information content (AvgIpc) is 2.54. The highest BCUT2D eigenvalue weighted by Gasteiger charge is 2.04. The molecule has 0 spiro atoms. The molecule has 3 N–H and O–H groups in total. The largest absolute Gasteiger partial charge is 0.506 e. The van der Waals surface area contributed by atoms with Crippen LogP contribution in [0.2, 0.25) is 5.02 Å². The van der Waals surface area contributed by atoms with Crippen LogP contribution in [0.3, 0.4) is 0 Å². The van der Waals surface area contributed by atoms with Crippen molar-refractivity contribution in [1.82, 2.24) is 0 Å². The quantitative estimate of drug-likeness (QED) is 0.555. The maximum Gasteiger partial charge on any atom is 0.134 e. The van der Waals surface area contributed by atoms with Gasteiger partial charge in [0, 0.05) is 11.4 Å². The van der Waals surface area contributed by atoms with Gasteiger partial charge < -0.3 is 15.7 Å². The average molecular weight is 311 g/mol. The molecular weight excluding hydrogens is 296 g/mol. The second kappa shape index (κ2) is 6.41. The van der Waals surface area contributed by atoms with Crippen molar-refractivity contribution in [2.45, 2.75) is 0 Å². The fraction of sp³-hybridized carbons (Fsp3) is 0. The Morgan fingerprint density at radius 3 is 1.91 bits per heavy atom. The van der Waals surface area contributed by atoms with Gasteiger partial charge >= 0.3 is 0 Å². The summed E-state index contributed by atoms with van der Waals surface area (Å²) in [4.78, 5) is 0. The summed E-state index contributed by atoms with van der Waals surface area (Å²) < 4.78 is 0. The van der Waals surface area contributed by atoms with Crippen LogP contribution in [-0.2, 0) is 0 Å². The van der Waals surface area contributed by atoms with Gasteiger partial charge in [-0.1, -0.05) is 41.9 Å². The van der Waals surface area contributed by atoms with E-state index in [2.05, 4.69) is 10.6 Å². The topological polar surface area (TPSA) is 44.3 Å². The van der Waals surface area contributed by atoms with E-state index in [-0.39, 0.29) is 5.75 Å². The first kappa shape index (κ1) is 14.3. The van der Waals surface area contributed by atoms with Crippen LogP contribution >= 0.6 is 11.6 Å². The molecule has 0 heterocycles. The molecule has 0 aromatic heterocycles. The number of halogens is 1. The number of aromatic hydroxyl groups is 1. The van der Waals surface area contributed by atoms with Crippen LogP contribution in [0.15, 0.2) is 72.8 Å². The zero-order valence-electron chi connectivity index (χ0n) is 11.8. The summed E-state index contributed by atoms with van der Waals surface area (Å²) in [6.07, 6.45) is 0. The van der Waals surface area contributed by atoms with Crippen molar-refractivity contribution >= 4 is 34.4 Å². The zero-order valence-corrected chi connectivity index (χ0v) is 12.5. The fourth-order valence-corrected chi connectivity index (χ4v) is 2.30. The molecule has 110 valence electrons. The van der Waals surface area contributed by atoms with E-state index < -0.39 is 0 Å². The highest BCUT2D eigenvalue weighted by Crippen LogP contribution is 2.31. The maximum atomic E-state index is 9.49. The maximum absolute atomic E-state index is 9.49. The Morgan fingerprint density at radius 2 is 1.27 bits per heavy atom. The van der Waals surface area contributed by atoms with Gasteiger partial charge in [-0.25, -0.2) is 0 Å². The number of benzene rings is 3. The molecule has 0 saturated carbocycles. The molecule has 0 aliphatic rings. The van der Waals surface area contributed by atoms with Crippen LogP contribution in [0.1, 0.15) is 0 Å². The smallest absolute Gasteiger partial charge is 0.134 e. The highest BCUT2D eigenvalue weighted by molar-refractivity contribution is 6.32. The molecule has 3 rings (SSSR count). The van der Waals surface area contributed by atoms with E-state index in [0.29, 0.717) is 5.02 Å². The van der Waals surface area contributed by atoms with Crippen molar-refractivity contribution in [2.75, 3.05) is 10.6 Å². The molecule has 0 aliphatic heterocycles. The molecule has 0 bridgehead atoms. The van der Waals surface area contributed by atoms with E-state index in [1.807, 2.05) is 54.6 Å². The van der Waals surface area contributed by atoms with Crippen LogP contribution in [-0.4, -0.2) is 5.11 Å². The Kier molecular flexibility index (Phi) is 4.17. The minimum atomic E-state index is 0.0721. The number of phenols is 1. The van der Waals surface area contributed by atoms with E-state index in [0.717, 1.165) is 22.7 Å². The van der Waals surface area contributed by atoms with E-state index >= 15 is 0 Å². The lowest BCUT2D eigenvalue weighted by Gasteiger charge is -2.14. The number of para-hydroxylation sites is 3. The van der Waals surface area contributed by atoms with Gasteiger partial charge in [0.2, 0.25) is 0 Å². The first-order chi connectivity index (χ1) is 10.7. The minimum Gasteiger partial charge on any atom is -0.506 e. The van der Waals surface area contributed by atoms with E-state index in [1.165, 1.54) is 0 Å². The second-order valence-electron chi connectivity index (χ2n) is 4.83. The first-order valence-corrected chi connectivity index (χ1v) is 7.27. The summed E-state index contributed by atoms with van der Waals surface area (Å²) in [6.45, 7) is 0. The molecule has 22 heavy (non-hydrogen) atoms. The van der Waals surface area contributed by atoms with Crippen LogP contribution in [0.25, 0.3) is 0 Å². The van der Waals surface area contributed by atoms with Gasteiger partial charge in [-0.3, -0.25) is 0 Å². The Labute approximate surface area is 134 Å². The third-order valence-corrected chi connectivity index (χ3v) is 3.51. The van der Waals surface area contributed by atoms with E-state index in [1.54, 1.807) is 18.2 Å². The van der Waals surface area contributed by atoms with Crippen molar-refractivity contribution in [3.63, 3.8) is 0 Å². The predicted octanol–water partition coefficient (Wildman–Crippen LogP) is 5.53. The summed E-state index contributed by atoms with van der Waals surface area (Å²) in [5, 5.41) is 16.5. The predicted molar refractivity (Wildman–Crippen MR) is 92.6 cm³/mol. The molecule has 0 atom stereocenters. The lowest BCUT2D eigenvalue weighted by atomic mass is 10.2. The van der Waals surface area contributed by atoms with Gasteiger partial charge in [0.25, 0.3) is 0 Å². The number of nitrogens with one attached hydrogen (secondary N) is 2. The first-order valence-electron chi connectivity index (χ1n) is 6.89. The molecular formula is C18H15ClN2O. The lowest BCUT2D eigenvalue weighted by Crippen LogP contribution is -1.97. The van der Waals surface area contributed by atoms with Gasteiger partial charge in [0.1, 0.15) is 5.75 Å². The number of hydrogen-bond acceptors (Lipinski definition) is 3. The van der Waals surface area contributed by atoms with E-state index in [9.17, 15) is 5.11 Å². The molecule has 3 nitrogen and oxygen atoms in total. The van der Waals surface area contributed by atoms with Gasteiger partial charge in [-0.2, -0.15) is 0 Å². The molecule has 0 amide bonds. The van der Waals surface area contributed by atoms with Crippen molar-refractivity contribution in [1.29, 1.82) is 0 Å². The van der Waals surface area contributed by atoms with Crippen molar-refractivity contribution in [2.24, 2.45) is 0 Å². The summed E-state index contributed by atoms with van der Waals surface area (Å²) in [5.41, 5.74) is 3.71. The van der Waals surface area contributed by atoms with Gasteiger partial charge in [-0.05, 0) is 42.5 Å². The summed E-state index contributed by atoms with van der Waals surface area (Å²) in [5.74, 6) is 0.0721. The minimum absolute atomic E-state index is 0.0721. The standard InChI is InChI=1S/C18H15ClN2O/c19-15-12-14(10-11-18(15)22)21-17-9-5-4-8-16(17)20-13-6-2-1-3-7-13/h1-12,20-22H. The lowest BCUT2D eigenvalue weighted by molar-refractivity contribution is 0.475. The van der Waals surface area contributed by atoms with Crippen molar-refractivity contribution in [3.05, 3.63) is 77.8 Å². The number of anilines is 4. The third-order valence-electron chi connectivity index (χ3n) is 3.21. The molecule has 0 unspecified atom stereocenters. The Bertz CT molecular complexity index is 775. The third kappa shape index (κ3) is 3.32. The summed E-state index contributed by atoms with van der Waals surface area (Å²) in [6, 6.07) is 22.9. The van der Waals surface area contributed by atoms with Crippen molar-refractivity contribution in [3.8, 4) is 5.75 Å². The molecule has 4 heteroatoms. The molecule has 0 fully saturated rings. The van der Waals surface area contributed by atoms with Crippen molar-refractivity contribution < 1.29 is 5.11 Å².